The number of para-hydroxylation sites is 4. The molecule has 0 unspecified atom stereocenters. The number of rotatable bonds is 13. The topological polar surface area (TPSA) is 149 Å². The zero-order chi connectivity index (χ0) is 31.3. The number of anilines is 3. The minimum Gasteiger partial charge on any atom is -0.491 e. The number of ketones is 1. The maximum absolute atomic E-state index is 13.3. The van der Waals surface area contributed by atoms with E-state index in [9.17, 15) is 19.5 Å². The molecule has 0 aliphatic carbocycles. The second kappa shape index (κ2) is 15.6. The number of nitrogens with one attached hydrogen (secondary N) is 2. The molecule has 0 spiro atoms. The van der Waals surface area contributed by atoms with Gasteiger partial charge in [0.25, 0.3) is 0 Å². The van der Waals surface area contributed by atoms with Gasteiger partial charge in [-0.15, -0.1) is 0 Å². The van der Waals surface area contributed by atoms with E-state index in [1.54, 1.807) is 97.1 Å². The lowest BCUT2D eigenvalue weighted by atomic mass is 10.0. The molecule has 2 atom stereocenters. The fraction of sp³-hybridized carbons (Fsp3) is 0.147. The van der Waals surface area contributed by atoms with E-state index >= 15 is 0 Å². The van der Waals surface area contributed by atoms with Gasteiger partial charge in [0, 0.05) is 22.9 Å². The number of ether oxygens (including phenoxy) is 3. The lowest BCUT2D eigenvalue weighted by Crippen LogP contribution is -2.30. The number of hydrogen-bond acceptors (Lipinski definition) is 8. The monoisotopic (exact) mass is 595 g/mol. The van der Waals surface area contributed by atoms with E-state index < -0.39 is 24.2 Å². The molecule has 4 rings (SSSR count). The Hall–Kier alpha value is -5.61. The van der Waals surface area contributed by atoms with Crippen molar-refractivity contribution in [3.63, 3.8) is 0 Å². The highest BCUT2D eigenvalue weighted by atomic mass is 16.6. The maximum Gasteiger partial charge on any atom is 0.412 e. The molecule has 10 heteroatoms. The fourth-order valence-electron chi connectivity index (χ4n) is 4.19. The summed E-state index contributed by atoms with van der Waals surface area (Å²) in [6, 6.07) is 28.9. The molecule has 226 valence electrons. The molecular weight excluding hydrogens is 562 g/mol. The predicted octanol–water partition coefficient (Wildman–Crippen LogP) is 5.77. The summed E-state index contributed by atoms with van der Waals surface area (Å²) in [6.45, 7) is 1.22. The molecule has 0 saturated carbocycles. The van der Waals surface area contributed by atoms with Crippen molar-refractivity contribution < 1.29 is 33.7 Å². The van der Waals surface area contributed by atoms with Crippen LogP contribution in [0.4, 0.5) is 21.9 Å². The highest BCUT2D eigenvalue weighted by Crippen LogP contribution is 2.33. The number of benzene rings is 4. The first-order chi connectivity index (χ1) is 21.3. The van der Waals surface area contributed by atoms with Crippen molar-refractivity contribution in [2.45, 2.75) is 19.1 Å². The number of amides is 2. The van der Waals surface area contributed by atoms with E-state index in [2.05, 4.69) is 10.6 Å². The van der Waals surface area contributed by atoms with E-state index in [4.69, 9.17) is 19.9 Å². The number of aliphatic hydroxyl groups is 1. The number of carbonyl (C=O) groups excluding carboxylic acids is 3. The van der Waals surface area contributed by atoms with Gasteiger partial charge in [-0.2, -0.15) is 0 Å². The second-order valence-electron chi connectivity index (χ2n) is 9.53. The largest absolute Gasteiger partial charge is 0.491 e. The molecule has 0 bridgehead atoms. The van der Waals surface area contributed by atoms with Crippen LogP contribution in [0.5, 0.6) is 11.5 Å². The Balaban J connectivity index is 1.68. The summed E-state index contributed by atoms with van der Waals surface area (Å²) >= 11 is 0. The first-order valence-corrected chi connectivity index (χ1v) is 13.8. The molecule has 0 aliphatic rings. The van der Waals surface area contributed by atoms with Gasteiger partial charge >= 0.3 is 6.09 Å². The number of hydrogen-bond donors (Lipinski definition) is 4. The molecule has 10 nitrogen and oxygen atoms in total. The van der Waals surface area contributed by atoms with Crippen LogP contribution < -0.4 is 25.8 Å². The van der Waals surface area contributed by atoms with Crippen LogP contribution in [0, 0.1) is 0 Å². The maximum atomic E-state index is 13.3. The minimum atomic E-state index is -1.13. The molecule has 4 aromatic rings. The van der Waals surface area contributed by atoms with E-state index in [1.807, 2.05) is 6.07 Å². The number of Topliss-reactive ketones (excluding diaryl/α,β-unsaturated/α-hetero) is 1. The zero-order valence-electron chi connectivity index (χ0n) is 24.0. The highest BCUT2D eigenvalue weighted by Gasteiger charge is 2.30. The van der Waals surface area contributed by atoms with Gasteiger partial charge in [-0.1, -0.05) is 48.5 Å². The summed E-state index contributed by atoms with van der Waals surface area (Å²) in [5.74, 6) is 0.215. The van der Waals surface area contributed by atoms with Crippen molar-refractivity contribution in [2.75, 3.05) is 29.6 Å². The summed E-state index contributed by atoms with van der Waals surface area (Å²) in [6.07, 6.45) is -0.233. The van der Waals surface area contributed by atoms with Gasteiger partial charge < -0.3 is 30.4 Å². The average molecular weight is 596 g/mol. The van der Waals surface area contributed by atoms with Crippen molar-refractivity contribution in [3.8, 4) is 11.5 Å². The van der Waals surface area contributed by atoms with Gasteiger partial charge in [-0.3, -0.25) is 14.9 Å². The normalized spacial score (nSPS) is 12.1. The molecule has 0 aromatic heterocycles. The molecule has 0 radical (unpaired) electrons. The standard InChI is InChI=1S/C34H33N3O7/c1-23(39)24-15-17-25(18-16-24)36-34(41)44-33(27-11-5-8-14-30(27)42-22-21-38)31(43-26-9-3-2-4-10-26)19-20-32(40)37-29-13-7-6-12-28(29)35/h2-20,31,33,38H,21-22,35H2,1H3,(H,36,41)(H,37,40)/b20-19+/t31-,33-/m0/s1. The third-order valence-corrected chi connectivity index (χ3v) is 6.32. The van der Waals surface area contributed by atoms with Gasteiger partial charge in [0.15, 0.2) is 18.0 Å². The van der Waals surface area contributed by atoms with E-state index in [-0.39, 0.29) is 19.0 Å². The molecular formula is C34H33N3O7. The Labute approximate surface area is 255 Å². The van der Waals surface area contributed by atoms with Crippen LogP contribution in [-0.2, 0) is 9.53 Å². The number of aliphatic hydroxyl groups excluding tert-OH is 1. The van der Waals surface area contributed by atoms with Crippen molar-refractivity contribution in [3.05, 3.63) is 126 Å². The van der Waals surface area contributed by atoms with Crippen LogP contribution in [0.2, 0.25) is 0 Å². The third-order valence-electron chi connectivity index (χ3n) is 6.32. The molecule has 0 saturated heterocycles. The fourth-order valence-corrected chi connectivity index (χ4v) is 4.19. The number of carbonyl (C=O) groups is 3. The molecule has 0 aliphatic heterocycles. The lowest BCUT2D eigenvalue weighted by molar-refractivity contribution is -0.112. The number of nitrogen functional groups attached to an aromatic ring is 1. The lowest BCUT2D eigenvalue weighted by Gasteiger charge is -2.27. The van der Waals surface area contributed by atoms with Crippen LogP contribution in [0.15, 0.2) is 115 Å². The third kappa shape index (κ3) is 8.94. The molecule has 0 fully saturated rings. The molecule has 2 amide bonds. The molecule has 44 heavy (non-hydrogen) atoms. The Morgan fingerprint density at radius 2 is 1.55 bits per heavy atom. The Kier molecular flexibility index (Phi) is 11.1. The van der Waals surface area contributed by atoms with Gasteiger partial charge in [-0.05, 0) is 67.6 Å². The van der Waals surface area contributed by atoms with Gasteiger partial charge in [0.05, 0.1) is 18.0 Å². The van der Waals surface area contributed by atoms with Crippen molar-refractivity contribution >= 4 is 34.8 Å². The van der Waals surface area contributed by atoms with Crippen LogP contribution >= 0.6 is 0 Å². The molecule has 4 aromatic carbocycles. The van der Waals surface area contributed by atoms with Crippen LogP contribution in [-0.4, -0.2) is 42.2 Å². The Morgan fingerprint density at radius 1 is 0.864 bits per heavy atom. The van der Waals surface area contributed by atoms with E-state index in [0.717, 1.165) is 0 Å². The van der Waals surface area contributed by atoms with Crippen molar-refractivity contribution in [1.82, 2.24) is 0 Å². The Morgan fingerprint density at radius 3 is 2.25 bits per heavy atom. The molecule has 5 N–H and O–H groups in total. The van der Waals surface area contributed by atoms with Crippen molar-refractivity contribution in [1.29, 1.82) is 0 Å². The summed E-state index contributed by atoms with van der Waals surface area (Å²) < 4.78 is 18.0. The predicted molar refractivity (Wildman–Crippen MR) is 168 cm³/mol. The first kappa shape index (κ1) is 31.3. The first-order valence-electron chi connectivity index (χ1n) is 13.8. The van der Waals surface area contributed by atoms with Crippen LogP contribution in [0.3, 0.4) is 0 Å². The minimum absolute atomic E-state index is 0.000616. The second-order valence-corrected chi connectivity index (χ2v) is 9.53. The summed E-state index contributed by atoms with van der Waals surface area (Å²) in [4.78, 5) is 37.8. The SMILES string of the molecule is CC(=O)c1ccc(NC(=O)O[C@@H](c2ccccc2OCCO)[C@H](/C=C/C(=O)Nc2ccccc2N)Oc2ccccc2)cc1. The Bertz CT molecular complexity index is 1590. The summed E-state index contributed by atoms with van der Waals surface area (Å²) in [7, 11) is 0. The summed E-state index contributed by atoms with van der Waals surface area (Å²) in [5.41, 5.74) is 8.14. The quantitative estimate of drug-likeness (QED) is 0.0864. The number of nitrogens with two attached hydrogens (primary N) is 1. The van der Waals surface area contributed by atoms with Gasteiger partial charge in [-0.25, -0.2) is 4.79 Å². The molecule has 0 heterocycles. The van der Waals surface area contributed by atoms with Crippen LogP contribution in [0.1, 0.15) is 28.9 Å². The van der Waals surface area contributed by atoms with Crippen molar-refractivity contribution in [2.24, 2.45) is 0 Å². The zero-order valence-corrected chi connectivity index (χ0v) is 24.0. The van der Waals surface area contributed by atoms with E-state index in [1.165, 1.54) is 19.1 Å². The van der Waals surface area contributed by atoms with Crippen LogP contribution in [0.25, 0.3) is 0 Å². The van der Waals surface area contributed by atoms with Gasteiger partial charge in [0.1, 0.15) is 18.1 Å². The smallest absolute Gasteiger partial charge is 0.412 e. The van der Waals surface area contributed by atoms with E-state index in [0.29, 0.717) is 39.7 Å². The van der Waals surface area contributed by atoms with Gasteiger partial charge in [0.2, 0.25) is 5.91 Å². The highest BCUT2D eigenvalue weighted by molar-refractivity contribution is 6.01. The summed E-state index contributed by atoms with van der Waals surface area (Å²) in [5, 5.41) is 14.8. The average Bonchev–Trinajstić information content (AvgIpc) is 3.03.